The summed E-state index contributed by atoms with van der Waals surface area (Å²) in [5.74, 6) is 0.000394. The van der Waals surface area contributed by atoms with Crippen molar-refractivity contribution in [3.8, 4) is 0 Å². The Labute approximate surface area is 97.9 Å². The summed E-state index contributed by atoms with van der Waals surface area (Å²) in [6.45, 7) is 4.32. The molecule has 0 aliphatic heterocycles. The number of halogens is 1. The SMILES string of the molecule is CC(C)(N)CNC(=O)C=C1CCCC1.Cl. The van der Waals surface area contributed by atoms with Gasteiger partial charge < -0.3 is 11.1 Å². The zero-order valence-electron chi connectivity index (χ0n) is 9.51. The molecule has 4 heteroatoms. The van der Waals surface area contributed by atoms with Crippen LogP contribution in [-0.2, 0) is 4.79 Å². The minimum atomic E-state index is -0.330. The van der Waals surface area contributed by atoms with Gasteiger partial charge in [-0.3, -0.25) is 4.79 Å². The fraction of sp³-hybridized carbons (Fsp3) is 0.727. The predicted octanol–water partition coefficient (Wildman–Crippen LogP) is 1.76. The fourth-order valence-electron chi connectivity index (χ4n) is 1.52. The Bertz CT molecular complexity index is 235. The van der Waals surface area contributed by atoms with Crippen LogP contribution < -0.4 is 11.1 Å². The van der Waals surface area contributed by atoms with Crippen LogP contribution in [0.5, 0.6) is 0 Å². The second-order valence-electron chi connectivity index (χ2n) is 4.72. The van der Waals surface area contributed by atoms with Crippen molar-refractivity contribution in [3.63, 3.8) is 0 Å². The molecule has 0 aromatic heterocycles. The Morgan fingerprint density at radius 1 is 1.47 bits per heavy atom. The van der Waals surface area contributed by atoms with Crippen molar-refractivity contribution in [3.05, 3.63) is 11.6 Å². The van der Waals surface area contributed by atoms with Crippen molar-refractivity contribution in [1.29, 1.82) is 0 Å². The lowest BCUT2D eigenvalue weighted by Crippen LogP contribution is -2.44. The number of rotatable bonds is 3. The number of amides is 1. The fourth-order valence-corrected chi connectivity index (χ4v) is 1.52. The van der Waals surface area contributed by atoms with Gasteiger partial charge in [0.05, 0.1) is 0 Å². The van der Waals surface area contributed by atoms with Gasteiger partial charge in [0.25, 0.3) is 0 Å². The van der Waals surface area contributed by atoms with Gasteiger partial charge in [-0.1, -0.05) is 5.57 Å². The third-order valence-electron chi connectivity index (χ3n) is 2.30. The first-order valence-electron chi connectivity index (χ1n) is 5.23. The van der Waals surface area contributed by atoms with Crippen LogP contribution in [0.15, 0.2) is 11.6 Å². The average molecular weight is 233 g/mol. The lowest BCUT2D eigenvalue weighted by molar-refractivity contribution is -0.116. The quantitative estimate of drug-likeness (QED) is 0.729. The van der Waals surface area contributed by atoms with Crippen LogP contribution in [0.3, 0.4) is 0 Å². The molecule has 1 aliphatic rings. The first-order chi connectivity index (χ1) is 6.47. The number of allylic oxidation sites excluding steroid dienone is 1. The smallest absolute Gasteiger partial charge is 0.243 e. The van der Waals surface area contributed by atoms with E-state index in [0.29, 0.717) is 6.54 Å². The van der Waals surface area contributed by atoms with Crippen LogP contribution in [0.1, 0.15) is 39.5 Å². The summed E-state index contributed by atoms with van der Waals surface area (Å²) in [4.78, 5) is 11.4. The van der Waals surface area contributed by atoms with E-state index >= 15 is 0 Å². The van der Waals surface area contributed by atoms with Crippen LogP contribution in [0.25, 0.3) is 0 Å². The van der Waals surface area contributed by atoms with Gasteiger partial charge in [0.1, 0.15) is 0 Å². The zero-order chi connectivity index (χ0) is 10.6. The maximum absolute atomic E-state index is 11.4. The van der Waals surface area contributed by atoms with E-state index in [2.05, 4.69) is 5.32 Å². The van der Waals surface area contributed by atoms with E-state index in [1.54, 1.807) is 6.08 Å². The minimum Gasteiger partial charge on any atom is -0.351 e. The molecule has 1 aliphatic carbocycles. The van der Waals surface area contributed by atoms with Crippen molar-refractivity contribution >= 4 is 18.3 Å². The second kappa shape index (κ2) is 6.13. The largest absolute Gasteiger partial charge is 0.351 e. The molecule has 0 heterocycles. The maximum Gasteiger partial charge on any atom is 0.243 e. The summed E-state index contributed by atoms with van der Waals surface area (Å²) in [6.07, 6.45) is 6.35. The highest BCUT2D eigenvalue weighted by Crippen LogP contribution is 2.23. The highest BCUT2D eigenvalue weighted by molar-refractivity contribution is 5.88. The number of hydrogen-bond donors (Lipinski definition) is 2. The summed E-state index contributed by atoms with van der Waals surface area (Å²) < 4.78 is 0. The van der Waals surface area contributed by atoms with Crippen molar-refractivity contribution in [2.24, 2.45) is 5.73 Å². The molecule has 0 bridgehead atoms. The monoisotopic (exact) mass is 232 g/mol. The Balaban J connectivity index is 0.00000196. The van der Waals surface area contributed by atoms with E-state index in [1.165, 1.54) is 18.4 Å². The lowest BCUT2D eigenvalue weighted by Gasteiger charge is -2.18. The Kier molecular flexibility index (Phi) is 5.91. The molecule has 3 N–H and O–H groups in total. The molecular weight excluding hydrogens is 212 g/mol. The number of hydrogen-bond acceptors (Lipinski definition) is 2. The van der Waals surface area contributed by atoms with Crippen LogP contribution >= 0.6 is 12.4 Å². The molecule has 0 radical (unpaired) electrons. The van der Waals surface area contributed by atoms with E-state index in [9.17, 15) is 4.79 Å². The van der Waals surface area contributed by atoms with Gasteiger partial charge in [-0.05, 0) is 39.5 Å². The standard InChI is InChI=1S/C11H20N2O.ClH/c1-11(2,12)8-13-10(14)7-9-5-3-4-6-9;/h7H,3-6,8,12H2,1-2H3,(H,13,14);1H. The van der Waals surface area contributed by atoms with E-state index in [-0.39, 0.29) is 23.9 Å². The highest BCUT2D eigenvalue weighted by Gasteiger charge is 2.12. The number of nitrogens with two attached hydrogens (primary N) is 1. The molecule has 0 aromatic carbocycles. The molecule has 88 valence electrons. The summed E-state index contributed by atoms with van der Waals surface area (Å²) in [5, 5.41) is 2.81. The second-order valence-corrected chi connectivity index (χ2v) is 4.72. The predicted molar refractivity (Wildman–Crippen MR) is 65.1 cm³/mol. The minimum absolute atomic E-state index is 0. The van der Waals surface area contributed by atoms with Gasteiger partial charge in [0.15, 0.2) is 0 Å². The summed E-state index contributed by atoms with van der Waals surface area (Å²) in [6, 6.07) is 0. The molecule has 1 rings (SSSR count). The lowest BCUT2D eigenvalue weighted by atomic mass is 10.1. The molecule has 1 fully saturated rings. The van der Waals surface area contributed by atoms with E-state index in [0.717, 1.165) is 12.8 Å². The number of carbonyl (C=O) groups excluding carboxylic acids is 1. The van der Waals surface area contributed by atoms with Gasteiger partial charge in [-0.2, -0.15) is 0 Å². The van der Waals surface area contributed by atoms with Gasteiger partial charge in [-0.25, -0.2) is 0 Å². The summed E-state index contributed by atoms with van der Waals surface area (Å²) in [7, 11) is 0. The summed E-state index contributed by atoms with van der Waals surface area (Å²) >= 11 is 0. The first-order valence-corrected chi connectivity index (χ1v) is 5.23. The molecule has 0 aromatic rings. The highest BCUT2D eigenvalue weighted by atomic mass is 35.5. The molecule has 0 atom stereocenters. The van der Waals surface area contributed by atoms with E-state index < -0.39 is 0 Å². The Morgan fingerprint density at radius 3 is 2.47 bits per heavy atom. The van der Waals surface area contributed by atoms with Crippen molar-refractivity contribution in [1.82, 2.24) is 5.32 Å². The normalized spacial score (nSPS) is 15.8. The van der Waals surface area contributed by atoms with Gasteiger partial charge >= 0.3 is 0 Å². The topological polar surface area (TPSA) is 55.1 Å². The maximum atomic E-state index is 11.4. The summed E-state index contributed by atoms with van der Waals surface area (Å²) in [5.41, 5.74) is 6.70. The molecular formula is C11H21ClN2O. The van der Waals surface area contributed by atoms with Crippen molar-refractivity contribution in [2.75, 3.05) is 6.54 Å². The third-order valence-corrected chi connectivity index (χ3v) is 2.30. The first kappa shape index (κ1) is 14.5. The zero-order valence-corrected chi connectivity index (χ0v) is 10.3. The Hall–Kier alpha value is -0.540. The van der Waals surface area contributed by atoms with Crippen molar-refractivity contribution in [2.45, 2.75) is 45.1 Å². The molecule has 1 amide bonds. The van der Waals surface area contributed by atoms with Crippen LogP contribution in [-0.4, -0.2) is 18.0 Å². The van der Waals surface area contributed by atoms with Crippen LogP contribution in [0.4, 0.5) is 0 Å². The van der Waals surface area contributed by atoms with Crippen LogP contribution in [0.2, 0.25) is 0 Å². The number of carbonyl (C=O) groups is 1. The average Bonchev–Trinajstić information content (AvgIpc) is 2.52. The third kappa shape index (κ3) is 6.52. The van der Waals surface area contributed by atoms with Crippen molar-refractivity contribution < 1.29 is 4.79 Å². The molecule has 15 heavy (non-hydrogen) atoms. The van der Waals surface area contributed by atoms with Gasteiger partial charge in [0.2, 0.25) is 5.91 Å². The van der Waals surface area contributed by atoms with E-state index in [4.69, 9.17) is 5.73 Å². The molecule has 0 spiro atoms. The van der Waals surface area contributed by atoms with E-state index in [1.807, 2.05) is 13.8 Å². The Morgan fingerprint density at radius 2 is 2.00 bits per heavy atom. The van der Waals surface area contributed by atoms with Crippen LogP contribution in [0, 0.1) is 0 Å². The molecule has 3 nitrogen and oxygen atoms in total. The molecule has 0 unspecified atom stereocenters. The molecule has 0 saturated heterocycles. The van der Waals surface area contributed by atoms with Gasteiger partial charge in [0, 0.05) is 18.2 Å². The number of nitrogens with one attached hydrogen (secondary N) is 1. The molecule has 1 saturated carbocycles. The van der Waals surface area contributed by atoms with Gasteiger partial charge in [-0.15, -0.1) is 12.4 Å².